The monoisotopic (exact) mass is 444 g/mol. The van der Waals surface area contributed by atoms with Crippen molar-refractivity contribution in [3.05, 3.63) is 53.1 Å². The Hall–Kier alpha value is -1.13. The lowest BCUT2D eigenvalue weighted by Gasteiger charge is -2.36. The number of likely N-dealkylation sites (tertiary alicyclic amines) is 1. The third kappa shape index (κ3) is 3.79. The second kappa shape index (κ2) is 8.09. The van der Waals surface area contributed by atoms with Crippen molar-refractivity contribution in [1.82, 2.24) is 5.43 Å². The maximum atomic E-state index is 6.96. The first kappa shape index (κ1) is 20.8. The highest BCUT2D eigenvalue weighted by Gasteiger charge is 2.50. The van der Waals surface area contributed by atoms with E-state index in [1.807, 2.05) is 0 Å². The van der Waals surface area contributed by atoms with Crippen LogP contribution in [0.25, 0.3) is 0 Å². The van der Waals surface area contributed by atoms with Gasteiger partial charge in [-0.25, -0.2) is 4.78 Å². The molecule has 1 aromatic carbocycles. The molecule has 4 aliphatic rings. The molecule has 6 heteroatoms. The number of piperidine rings is 1. The normalized spacial score (nSPS) is 29.7. The number of quaternary nitrogens is 1. The van der Waals surface area contributed by atoms with Crippen molar-refractivity contribution in [2.24, 2.45) is 5.41 Å². The number of rotatable bonds is 4. The molecule has 5 rings (SSSR count). The van der Waals surface area contributed by atoms with Crippen LogP contribution in [0.15, 0.2) is 53.1 Å². The van der Waals surface area contributed by atoms with Crippen molar-refractivity contribution < 1.29 is 9.42 Å². The molecule has 0 unspecified atom stereocenters. The first-order valence-electron chi connectivity index (χ1n) is 11.7. The fraction of sp³-hybridized carbons (Fsp3) is 0.583. The Morgan fingerprint density at radius 3 is 2.47 bits per heavy atom. The van der Waals surface area contributed by atoms with E-state index in [2.05, 4.69) is 60.5 Å². The third-order valence-corrected chi connectivity index (χ3v) is 10.8. The van der Waals surface area contributed by atoms with Crippen molar-refractivity contribution in [2.45, 2.75) is 71.3 Å². The van der Waals surface area contributed by atoms with E-state index in [1.54, 1.807) is 4.90 Å². The number of nitrogens with one attached hydrogen (secondary N) is 2. The lowest BCUT2D eigenvalue weighted by molar-refractivity contribution is -0.868. The van der Waals surface area contributed by atoms with Crippen molar-refractivity contribution in [3.63, 3.8) is 0 Å². The van der Waals surface area contributed by atoms with Gasteiger partial charge in [0.25, 0.3) is 0 Å². The van der Waals surface area contributed by atoms with Crippen molar-refractivity contribution in [2.75, 3.05) is 17.9 Å². The topological polar surface area (TPSA) is 28.9 Å². The highest BCUT2D eigenvalue weighted by atomic mass is 32.4. The van der Waals surface area contributed by atoms with Gasteiger partial charge in [0, 0.05) is 6.42 Å². The molecule has 2 aliphatic carbocycles. The lowest BCUT2D eigenvalue weighted by Crippen LogP contribution is -3.11. The molecule has 30 heavy (non-hydrogen) atoms. The molecule has 2 aliphatic heterocycles. The number of allylic oxidation sites excluding steroid dienone is 3. The number of hydrogen-bond acceptors (Lipinski definition) is 3. The number of benzene rings is 1. The average molecular weight is 445 g/mol. The first-order chi connectivity index (χ1) is 14.5. The van der Waals surface area contributed by atoms with Gasteiger partial charge in [-0.15, -0.1) is 0 Å². The van der Waals surface area contributed by atoms with Crippen LogP contribution in [-0.2, 0) is 16.3 Å². The molecule has 0 radical (unpaired) electrons. The Bertz CT molecular complexity index is 898. The summed E-state index contributed by atoms with van der Waals surface area (Å²) in [7, 11) is 0. The lowest BCUT2D eigenvalue weighted by atomic mass is 9.82. The van der Waals surface area contributed by atoms with Crippen LogP contribution in [0.1, 0.15) is 65.2 Å². The summed E-state index contributed by atoms with van der Waals surface area (Å²) in [5, 5.41) is 1.34. The Morgan fingerprint density at radius 2 is 1.77 bits per heavy atom. The minimum absolute atomic E-state index is 0.131. The molecule has 2 N–H and O–H groups in total. The van der Waals surface area contributed by atoms with Crippen LogP contribution in [0.3, 0.4) is 0 Å². The molecule has 4 nitrogen and oxygen atoms in total. The molecule has 2 saturated heterocycles. The van der Waals surface area contributed by atoms with Crippen molar-refractivity contribution in [1.29, 1.82) is 0 Å². The van der Waals surface area contributed by atoms with E-state index in [4.69, 9.17) is 16.3 Å². The minimum atomic E-state index is -2.42. The maximum Gasteiger partial charge on any atom is 0.212 e. The van der Waals surface area contributed by atoms with E-state index < -0.39 is 6.42 Å². The van der Waals surface area contributed by atoms with Crippen LogP contribution in [0.4, 0.5) is 5.69 Å². The molecule has 162 valence electrons. The van der Waals surface area contributed by atoms with Gasteiger partial charge in [0.1, 0.15) is 11.0 Å². The quantitative estimate of drug-likeness (QED) is 0.648. The Morgan fingerprint density at radius 1 is 1.07 bits per heavy atom. The molecular weight excluding hydrogens is 409 g/mol. The van der Waals surface area contributed by atoms with E-state index in [1.165, 1.54) is 61.9 Å². The molecule has 0 spiro atoms. The summed E-state index contributed by atoms with van der Waals surface area (Å²) in [4.78, 5) is 1.65. The molecule has 2 heterocycles. The summed E-state index contributed by atoms with van der Waals surface area (Å²) >= 11 is 6.57. The molecule has 0 amide bonds. The second-order valence-corrected chi connectivity index (χ2v) is 13.6. The van der Waals surface area contributed by atoms with E-state index in [0.29, 0.717) is 6.10 Å². The molecule has 0 bridgehead atoms. The predicted octanol–water partition coefficient (Wildman–Crippen LogP) is 4.87. The zero-order valence-electron chi connectivity index (χ0n) is 18.3. The third-order valence-electron chi connectivity index (χ3n) is 6.96. The second-order valence-electron chi connectivity index (χ2n) is 10.0. The van der Waals surface area contributed by atoms with Crippen LogP contribution in [0.2, 0.25) is 0 Å². The van der Waals surface area contributed by atoms with Crippen molar-refractivity contribution in [3.8, 4) is 0 Å². The highest BCUT2D eigenvalue weighted by Crippen LogP contribution is 2.68. The number of para-hydroxylation sites is 1. The van der Waals surface area contributed by atoms with Gasteiger partial charge in [-0.1, -0.05) is 51.0 Å². The van der Waals surface area contributed by atoms with Crippen LogP contribution in [0, 0.1) is 5.41 Å². The van der Waals surface area contributed by atoms with Crippen molar-refractivity contribution >= 4 is 23.9 Å². The van der Waals surface area contributed by atoms with Crippen LogP contribution in [0.5, 0.6) is 0 Å². The highest BCUT2D eigenvalue weighted by molar-refractivity contribution is 8.15. The fourth-order valence-corrected chi connectivity index (χ4v) is 9.64. The van der Waals surface area contributed by atoms with Crippen LogP contribution >= 0.6 is 6.42 Å². The smallest absolute Gasteiger partial charge is 0.212 e. The van der Waals surface area contributed by atoms with Crippen LogP contribution in [-0.4, -0.2) is 19.2 Å². The summed E-state index contributed by atoms with van der Waals surface area (Å²) < 4.78 is 9.19. The molecule has 1 aromatic rings. The number of fused-ring (bicyclic) bond motifs is 1. The molecule has 1 saturated carbocycles. The van der Waals surface area contributed by atoms with Gasteiger partial charge in [-0.2, -0.15) is 0 Å². The summed E-state index contributed by atoms with van der Waals surface area (Å²) in [6, 6.07) is 10.6. The van der Waals surface area contributed by atoms with E-state index in [0.717, 1.165) is 24.9 Å². The van der Waals surface area contributed by atoms with Gasteiger partial charge in [0.05, 0.1) is 30.6 Å². The van der Waals surface area contributed by atoms with Gasteiger partial charge in [-0.05, 0) is 61.5 Å². The average Bonchev–Trinajstić information content (AvgIpc) is 3.34. The standard InChI is InChI=1S/C24H34N3OPS/c1-24(2)17-21-23(22(18-24)26-15-9-4-10-16-26)29(30,28-20-13-7-8-14-20)27(25-21)19-11-5-3-6-12-19/h3,5-6,11-12,17,20,25H,4,7-10,13-16,18H2,1-2H3/p+1/t29-/m1/s1. The molecule has 3 fully saturated rings. The Labute approximate surface area is 186 Å². The van der Waals surface area contributed by atoms with E-state index in [9.17, 15) is 0 Å². The number of anilines is 1. The number of hydrazine groups is 1. The van der Waals surface area contributed by atoms with E-state index in [-0.39, 0.29) is 5.41 Å². The van der Waals surface area contributed by atoms with Gasteiger partial charge < -0.3 is 9.42 Å². The SMILES string of the molecule is CC1(C)C=C2NN(c3ccccc3)[P@@](=S)(OC3CCCC3)C2=C([NH+]2CCCCC2)C1. The zero-order valence-corrected chi connectivity index (χ0v) is 20.0. The first-order valence-corrected chi connectivity index (χ1v) is 14.4. The maximum absolute atomic E-state index is 6.96. The summed E-state index contributed by atoms with van der Waals surface area (Å²) in [6.07, 6.45) is 10.2. The van der Waals surface area contributed by atoms with E-state index >= 15 is 0 Å². The minimum Gasteiger partial charge on any atom is -0.326 e. The number of hydrogen-bond donors (Lipinski definition) is 2. The fourth-order valence-electron chi connectivity index (χ4n) is 5.55. The summed E-state index contributed by atoms with van der Waals surface area (Å²) in [6.45, 7) is 7.17. The van der Waals surface area contributed by atoms with Gasteiger partial charge in [0.15, 0.2) is 0 Å². The van der Waals surface area contributed by atoms with Gasteiger partial charge in [0.2, 0.25) is 6.42 Å². The van der Waals surface area contributed by atoms with Gasteiger partial charge >= 0.3 is 0 Å². The Kier molecular flexibility index (Phi) is 5.60. The number of nitrogens with zero attached hydrogens (tertiary/aromatic N) is 1. The molecular formula is C24H35N3OPS+. The summed E-state index contributed by atoms with van der Waals surface area (Å²) in [5.41, 5.74) is 7.74. The Balaban J connectivity index is 1.64. The molecule has 1 atom stereocenters. The predicted molar refractivity (Wildman–Crippen MR) is 128 cm³/mol. The zero-order chi connectivity index (χ0) is 20.8. The largest absolute Gasteiger partial charge is 0.326 e. The van der Waals surface area contributed by atoms with Crippen LogP contribution < -0.4 is 15.1 Å². The van der Waals surface area contributed by atoms with Gasteiger partial charge in [-0.3, -0.25) is 5.43 Å². The molecule has 0 aromatic heterocycles. The summed E-state index contributed by atoms with van der Waals surface area (Å²) in [5.74, 6) is 0.